The molecule has 0 aliphatic carbocycles. The van der Waals surface area contributed by atoms with Crippen LogP contribution in [0, 0.1) is 0 Å². The van der Waals surface area contributed by atoms with Gasteiger partial charge in [0.25, 0.3) is 11.1 Å². The van der Waals surface area contributed by atoms with Crippen molar-refractivity contribution in [3.05, 3.63) is 62.7 Å². The van der Waals surface area contributed by atoms with Crippen molar-refractivity contribution in [2.75, 3.05) is 6.26 Å². The van der Waals surface area contributed by atoms with E-state index in [1.165, 1.54) is 0 Å². The number of aromatic nitrogens is 2. The molecule has 2 aromatic rings. The first-order chi connectivity index (χ1) is 9.10. The highest BCUT2D eigenvalue weighted by Crippen LogP contribution is 2.15. The van der Waals surface area contributed by atoms with Crippen LogP contribution >= 0.6 is 11.8 Å². The van der Waals surface area contributed by atoms with Crippen LogP contribution in [-0.2, 0) is 6.54 Å². The molecule has 1 heterocycles. The molecule has 0 saturated carbocycles. The second-order valence-corrected chi connectivity index (χ2v) is 4.77. The summed E-state index contributed by atoms with van der Waals surface area (Å²) >= 11 is 1.58. The average Bonchev–Trinajstić information content (AvgIpc) is 2.43. The van der Waals surface area contributed by atoms with Crippen LogP contribution < -0.4 is 11.1 Å². The van der Waals surface area contributed by atoms with Gasteiger partial charge in [0.15, 0.2) is 5.78 Å². The Morgan fingerprint density at radius 3 is 2.47 bits per heavy atom. The Kier molecular flexibility index (Phi) is 4.01. The Morgan fingerprint density at radius 2 is 1.84 bits per heavy atom. The molecule has 5 nitrogen and oxygen atoms in total. The van der Waals surface area contributed by atoms with Crippen molar-refractivity contribution in [2.45, 2.75) is 11.4 Å². The number of benzene rings is 1. The summed E-state index contributed by atoms with van der Waals surface area (Å²) in [4.78, 5) is 35.6. The smallest absolute Gasteiger partial charge is 0.265 e. The van der Waals surface area contributed by atoms with Crippen molar-refractivity contribution in [3.8, 4) is 0 Å². The van der Waals surface area contributed by atoms with E-state index < -0.39 is 11.1 Å². The molecule has 1 aromatic heterocycles. The highest BCUT2D eigenvalue weighted by Gasteiger charge is 2.08. The van der Waals surface area contributed by atoms with Crippen LogP contribution in [0.1, 0.15) is 10.4 Å². The number of thioether (sulfide) groups is 1. The van der Waals surface area contributed by atoms with Gasteiger partial charge in [-0.2, -0.15) is 0 Å². The quantitative estimate of drug-likeness (QED) is 0.671. The molecule has 19 heavy (non-hydrogen) atoms. The van der Waals surface area contributed by atoms with E-state index in [4.69, 9.17) is 0 Å². The van der Waals surface area contributed by atoms with Crippen LogP contribution in [0.15, 0.2) is 50.9 Å². The lowest BCUT2D eigenvalue weighted by Crippen LogP contribution is -2.30. The monoisotopic (exact) mass is 276 g/mol. The number of hydrogen-bond acceptors (Lipinski definition) is 4. The molecule has 0 atom stereocenters. The van der Waals surface area contributed by atoms with Crippen molar-refractivity contribution in [2.24, 2.45) is 0 Å². The van der Waals surface area contributed by atoms with Crippen molar-refractivity contribution in [1.82, 2.24) is 9.78 Å². The average molecular weight is 276 g/mol. The summed E-state index contributed by atoms with van der Waals surface area (Å²) in [5.74, 6) is -0.225. The molecule has 0 saturated heterocycles. The van der Waals surface area contributed by atoms with Gasteiger partial charge in [-0.3, -0.25) is 19.5 Å². The van der Waals surface area contributed by atoms with E-state index in [2.05, 4.69) is 5.10 Å². The number of ketones is 1. The van der Waals surface area contributed by atoms with E-state index in [9.17, 15) is 14.4 Å². The van der Waals surface area contributed by atoms with Gasteiger partial charge in [-0.15, -0.1) is 11.8 Å². The van der Waals surface area contributed by atoms with Crippen molar-refractivity contribution < 1.29 is 4.79 Å². The van der Waals surface area contributed by atoms with Gasteiger partial charge in [0.1, 0.15) is 6.54 Å². The fraction of sp³-hybridized carbons (Fsp3) is 0.154. The summed E-state index contributed by atoms with van der Waals surface area (Å²) in [5, 5.41) is 2.32. The number of hydrogen-bond donors (Lipinski definition) is 1. The number of H-pyrrole nitrogens is 1. The maximum Gasteiger partial charge on any atom is 0.265 e. The van der Waals surface area contributed by atoms with E-state index in [1.807, 2.05) is 18.4 Å². The van der Waals surface area contributed by atoms with Gasteiger partial charge in [0.05, 0.1) is 0 Å². The molecule has 0 fully saturated rings. The normalized spacial score (nSPS) is 10.4. The highest BCUT2D eigenvalue weighted by atomic mass is 32.2. The second-order valence-electron chi connectivity index (χ2n) is 3.89. The van der Waals surface area contributed by atoms with Crippen molar-refractivity contribution >= 4 is 17.5 Å². The van der Waals surface area contributed by atoms with Gasteiger partial charge in [-0.25, -0.2) is 4.68 Å². The molecule has 0 bridgehead atoms. The third-order valence-electron chi connectivity index (χ3n) is 2.60. The highest BCUT2D eigenvalue weighted by molar-refractivity contribution is 7.98. The zero-order chi connectivity index (χ0) is 13.8. The maximum absolute atomic E-state index is 12.0. The van der Waals surface area contributed by atoms with Crippen LogP contribution in [0.2, 0.25) is 0 Å². The molecule has 0 spiro atoms. The van der Waals surface area contributed by atoms with Crippen LogP contribution in [0.5, 0.6) is 0 Å². The van der Waals surface area contributed by atoms with Gasteiger partial charge < -0.3 is 0 Å². The van der Waals surface area contributed by atoms with E-state index >= 15 is 0 Å². The molecule has 2 rings (SSSR count). The lowest BCUT2D eigenvalue weighted by molar-refractivity contribution is 0.0965. The Hall–Kier alpha value is -2.08. The molecule has 98 valence electrons. The molecule has 0 amide bonds. The molecule has 6 heteroatoms. The van der Waals surface area contributed by atoms with E-state index in [0.717, 1.165) is 21.7 Å². The first-order valence-corrected chi connectivity index (χ1v) is 6.80. The summed E-state index contributed by atoms with van der Waals surface area (Å²) < 4.78 is 1.01. The number of aromatic amines is 1. The first kappa shape index (κ1) is 13.4. The first-order valence-electron chi connectivity index (χ1n) is 5.57. The summed E-state index contributed by atoms with van der Waals surface area (Å²) in [5.41, 5.74) is -0.312. The number of nitrogens with zero attached hydrogens (tertiary/aromatic N) is 1. The molecule has 0 aliphatic rings. The minimum absolute atomic E-state index is 0.173. The van der Waals surface area contributed by atoms with Crippen LogP contribution in [0.3, 0.4) is 0 Å². The maximum atomic E-state index is 12.0. The zero-order valence-corrected chi connectivity index (χ0v) is 11.1. The van der Waals surface area contributed by atoms with Gasteiger partial charge in [-0.05, 0) is 18.4 Å². The summed E-state index contributed by atoms with van der Waals surface area (Å²) in [6, 6.07) is 9.38. The van der Waals surface area contributed by atoms with Crippen LogP contribution in [-0.4, -0.2) is 21.8 Å². The number of carbonyl (C=O) groups is 1. The summed E-state index contributed by atoms with van der Waals surface area (Å²) in [6.07, 6.45) is 1.95. The largest absolute Gasteiger partial charge is 0.292 e. The fourth-order valence-corrected chi connectivity index (χ4v) is 2.00. The zero-order valence-electron chi connectivity index (χ0n) is 10.3. The van der Waals surface area contributed by atoms with Crippen LogP contribution in [0.4, 0.5) is 0 Å². The van der Waals surface area contributed by atoms with Gasteiger partial charge in [0, 0.05) is 22.6 Å². The van der Waals surface area contributed by atoms with E-state index in [1.54, 1.807) is 23.9 Å². The van der Waals surface area contributed by atoms with Gasteiger partial charge in [0.2, 0.25) is 0 Å². The van der Waals surface area contributed by atoms with E-state index in [0.29, 0.717) is 5.56 Å². The Labute approximate surface area is 113 Å². The number of nitrogens with one attached hydrogen (secondary N) is 1. The molecular formula is C13H12N2O3S. The van der Waals surface area contributed by atoms with Crippen LogP contribution in [0.25, 0.3) is 0 Å². The second kappa shape index (κ2) is 5.71. The van der Waals surface area contributed by atoms with Crippen molar-refractivity contribution in [1.29, 1.82) is 0 Å². The predicted octanol–water partition coefficient (Wildman–Crippen LogP) is 1.14. The number of rotatable bonds is 4. The molecule has 0 unspecified atom stereocenters. The van der Waals surface area contributed by atoms with Gasteiger partial charge in [-0.1, -0.05) is 12.1 Å². The summed E-state index contributed by atoms with van der Waals surface area (Å²) in [7, 11) is 0. The fourth-order valence-electron chi connectivity index (χ4n) is 1.59. The molecule has 0 radical (unpaired) electrons. The SMILES string of the molecule is CSc1ccc(C(=O)Cn2[nH]c(=O)ccc2=O)cc1. The third kappa shape index (κ3) is 3.23. The van der Waals surface area contributed by atoms with E-state index in [-0.39, 0.29) is 12.3 Å². The molecule has 0 aliphatic heterocycles. The Bertz CT molecular complexity index is 701. The number of carbonyl (C=O) groups excluding carboxylic acids is 1. The standard InChI is InChI=1S/C13H12N2O3S/c1-19-10-4-2-9(3-5-10)11(16)8-15-13(18)7-6-12(17)14-15/h2-7H,8H2,1H3,(H,14,17). The Morgan fingerprint density at radius 1 is 1.16 bits per heavy atom. The predicted molar refractivity (Wildman–Crippen MR) is 73.9 cm³/mol. The number of Topliss-reactive ketones (excluding diaryl/α,β-unsaturated/α-hetero) is 1. The molecular weight excluding hydrogens is 264 g/mol. The van der Waals surface area contributed by atoms with Gasteiger partial charge >= 0.3 is 0 Å². The minimum Gasteiger partial charge on any atom is -0.292 e. The lowest BCUT2D eigenvalue weighted by Gasteiger charge is -2.04. The lowest BCUT2D eigenvalue weighted by atomic mass is 10.1. The topological polar surface area (TPSA) is 71.9 Å². The molecule has 1 N–H and O–H groups in total. The van der Waals surface area contributed by atoms with Crippen molar-refractivity contribution in [3.63, 3.8) is 0 Å². The third-order valence-corrected chi connectivity index (χ3v) is 3.35. The minimum atomic E-state index is -0.412. The summed E-state index contributed by atoms with van der Waals surface area (Å²) in [6.45, 7) is -0.173. The molecule has 1 aromatic carbocycles. The Balaban J connectivity index is 2.22.